The van der Waals surface area contributed by atoms with Crippen LogP contribution in [0.1, 0.15) is 32.1 Å². The SMILES string of the molecule is CNCCC1CCC(Cl)CC1. The molecule has 1 fully saturated rings. The molecule has 1 nitrogen and oxygen atoms in total. The van der Waals surface area contributed by atoms with Crippen molar-refractivity contribution in [1.29, 1.82) is 0 Å². The highest BCUT2D eigenvalue weighted by Gasteiger charge is 2.18. The molecule has 11 heavy (non-hydrogen) atoms. The number of rotatable bonds is 3. The van der Waals surface area contributed by atoms with E-state index in [1.165, 1.54) is 32.1 Å². The molecule has 1 N–H and O–H groups in total. The first-order valence-electron chi connectivity index (χ1n) is 4.61. The van der Waals surface area contributed by atoms with Gasteiger partial charge >= 0.3 is 0 Å². The lowest BCUT2D eigenvalue weighted by atomic mass is 9.87. The Kier molecular flexibility index (Phi) is 4.24. The van der Waals surface area contributed by atoms with E-state index in [-0.39, 0.29) is 0 Å². The van der Waals surface area contributed by atoms with Crippen LogP contribution in [0.3, 0.4) is 0 Å². The fourth-order valence-electron chi connectivity index (χ4n) is 1.76. The molecule has 0 aromatic heterocycles. The fourth-order valence-corrected chi connectivity index (χ4v) is 2.01. The Hall–Kier alpha value is 0.250. The molecule has 0 saturated heterocycles. The third-order valence-corrected chi connectivity index (χ3v) is 3.02. The average Bonchev–Trinajstić information content (AvgIpc) is 2.04. The molecule has 1 aliphatic carbocycles. The largest absolute Gasteiger partial charge is 0.320 e. The molecule has 2 heteroatoms. The van der Waals surface area contributed by atoms with Crippen molar-refractivity contribution in [3.8, 4) is 0 Å². The van der Waals surface area contributed by atoms with E-state index in [1.807, 2.05) is 7.05 Å². The first kappa shape index (κ1) is 9.34. The highest BCUT2D eigenvalue weighted by molar-refractivity contribution is 6.20. The van der Waals surface area contributed by atoms with Gasteiger partial charge in [-0.25, -0.2) is 0 Å². The van der Waals surface area contributed by atoms with Gasteiger partial charge in [0.15, 0.2) is 0 Å². The predicted molar refractivity (Wildman–Crippen MR) is 50.1 cm³/mol. The first-order valence-corrected chi connectivity index (χ1v) is 5.05. The minimum Gasteiger partial charge on any atom is -0.320 e. The van der Waals surface area contributed by atoms with Gasteiger partial charge in [0.25, 0.3) is 0 Å². The van der Waals surface area contributed by atoms with Crippen molar-refractivity contribution in [2.24, 2.45) is 5.92 Å². The maximum Gasteiger partial charge on any atom is 0.0336 e. The molecule has 0 amide bonds. The quantitative estimate of drug-likeness (QED) is 0.650. The Labute approximate surface area is 74.5 Å². The monoisotopic (exact) mass is 175 g/mol. The van der Waals surface area contributed by atoms with E-state index in [0.29, 0.717) is 5.38 Å². The summed E-state index contributed by atoms with van der Waals surface area (Å²) >= 11 is 6.00. The lowest BCUT2D eigenvalue weighted by Crippen LogP contribution is -2.18. The van der Waals surface area contributed by atoms with Gasteiger partial charge in [-0.2, -0.15) is 0 Å². The van der Waals surface area contributed by atoms with Crippen molar-refractivity contribution in [3.63, 3.8) is 0 Å². The number of hydrogen-bond donors (Lipinski definition) is 1. The minimum atomic E-state index is 0.473. The van der Waals surface area contributed by atoms with Crippen LogP contribution >= 0.6 is 11.6 Å². The molecule has 0 heterocycles. The van der Waals surface area contributed by atoms with Gasteiger partial charge in [0.2, 0.25) is 0 Å². The van der Waals surface area contributed by atoms with Crippen LogP contribution in [0, 0.1) is 5.92 Å². The summed E-state index contributed by atoms with van der Waals surface area (Å²) in [4.78, 5) is 0. The first-order chi connectivity index (χ1) is 5.33. The summed E-state index contributed by atoms with van der Waals surface area (Å²) in [6, 6.07) is 0. The van der Waals surface area contributed by atoms with Gasteiger partial charge in [-0.05, 0) is 51.6 Å². The van der Waals surface area contributed by atoms with E-state index in [2.05, 4.69) is 5.32 Å². The molecule has 0 bridgehead atoms. The summed E-state index contributed by atoms with van der Waals surface area (Å²) in [5.41, 5.74) is 0. The fraction of sp³-hybridized carbons (Fsp3) is 1.00. The maximum absolute atomic E-state index is 6.00. The molecule has 0 spiro atoms. The molecule has 1 aliphatic rings. The molecule has 0 aromatic rings. The Morgan fingerprint density at radius 3 is 2.45 bits per heavy atom. The van der Waals surface area contributed by atoms with E-state index in [1.54, 1.807) is 0 Å². The lowest BCUT2D eigenvalue weighted by Gasteiger charge is -2.24. The van der Waals surface area contributed by atoms with Crippen LogP contribution in [0.2, 0.25) is 0 Å². The Bertz CT molecular complexity index is 95.0. The zero-order valence-corrected chi connectivity index (χ0v) is 8.03. The van der Waals surface area contributed by atoms with Crippen molar-refractivity contribution in [2.75, 3.05) is 13.6 Å². The Morgan fingerprint density at radius 1 is 1.27 bits per heavy atom. The standard InChI is InChI=1S/C9H18ClN/c1-11-7-6-8-2-4-9(10)5-3-8/h8-9,11H,2-7H2,1H3. The summed E-state index contributed by atoms with van der Waals surface area (Å²) in [5.74, 6) is 0.942. The van der Waals surface area contributed by atoms with Crippen molar-refractivity contribution in [1.82, 2.24) is 5.32 Å². The van der Waals surface area contributed by atoms with Gasteiger partial charge in [0, 0.05) is 5.38 Å². The number of hydrogen-bond acceptors (Lipinski definition) is 1. The zero-order chi connectivity index (χ0) is 8.10. The van der Waals surface area contributed by atoms with Crippen LogP contribution in [0.25, 0.3) is 0 Å². The molecule has 1 saturated carbocycles. The van der Waals surface area contributed by atoms with Gasteiger partial charge in [0.1, 0.15) is 0 Å². The van der Waals surface area contributed by atoms with Crippen molar-refractivity contribution in [2.45, 2.75) is 37.5 Å². The van der Waals surface area contributed by atoms with Crippen molar-refractivity contribution >= 4 is 11.6 Å². The summed E-state index contributed by atoms with van der Waals surface area (Å²) in [6.07, 6.45) is 6.48. The van der Waals surface area contributed by atoms with Gasteiger partial charge in [-0.3, -0.25) is 0 Å². The number of nitrogens with one attached hydrogen (secondary N) is 1. The summed E-state index contributed by atoms with van der Waals surface area (Å²) in [6.45, 7) is 1.16. The van der Waals surface area contributed by atoms with E-state index < -0.39 is 0 Å². The molecule has 0 aromatic carbocycles. The Morgan fingerprint density at radius 2 is 1.91 bits per heavy atom. The zero-order valence-electron chi connectivity index (χ0n) is 7.28. The van der Waals surface area contributed by atoms with Crippen LogP contribution in [-0.2, 0) is 0 Å². The highest BCUT2D eigenvalue weighted by atomic mass is 35.5. The maximum atomic E-state index is 6.00. The van der Waals surface area contributed by atoms with Crippen LogP contribution in [0.15, 0.2) is 0 Å². The van der Waals surface area contributed by atoms with E-state index in [0.717, 1.165) is 12.5 Å². The lowest BCUT2D eigenvalue weighted by molar-refractivity contribution is 0.340. The van der Waals surface area contributed by atoms with Crippen molar-refractivity contribution < 1.29 is 0 Å². The Balaban J connectivity index is 2.07. The van der Waals surface area contributed by atoms with Crippen molar-refractivity contribution in [3.05, 3.63) is 0 Å². The van der Waals surface area contributed by atoms with Gasteiger partial charge in [-0.1, -0.05) is 0 Å². The molecule has 0 atom stereocenters. The molecule has 0 radical (unpaired) electrons. The van der Waals surface area contributed by atoms with Crippen LogP contribution < -0.4 is 5.32 Å². The summed E-state index contributed by atoms with van der Waals surface area (Å²) in [7, 11) is 2.02. The van der Waals surface area contributed by atoms with Gasteiger partial charge in [0.05, 0.1) is 0 Å². The van der Waals surface area contributed by atoms with Crippen LogP contribution in [-0.4, -0.2) is 19.0 Å². The molecular weight excluding hydrogens is 158 g/mol. The molecular formula is C9H18ClN. The number of alkyl halides is 1. The van der Waals surface area contributed by atoms with Crippen LogP contribution in [0.4, 0.5) is 0 Å². The normalized spacial score (nSPS) is 32.2. The smallest absolute Gasteiger partial charge is 0.0336 e. The van der Waals surface area contributed by atoms with Gasteiger partial charge < -0.3 is 5.32 Å². The van der Waals surface area contributed by atoms with Gasteiger partial charge in [-0.15, -0.1) is 11.6 Å². The predicted octanol–water partition coefficient (Wildman–Crippen LogP) is 2.39. The van der Waals surface area contributed by atoms with E-state index in [9.17, 15) is 0 Å². The highest BCUT2D eigenvalue weighted by Crippen LogP contribution is 2.29. The topological polar surface area (TPSA) is 12.0 Å². The molecule has 0 aliphatic heterocycles. The minimum absolute atomic E-state index is 0.473. The van der Waals surface area contributed by atoms with E-state index >= 15 is 0 Å². The molecule has 0 unspecified atom stereocenters. The number of halogens is 1. The second kappa shape index (κ2) is 5.00. The summed E-state index contributed by atoms with van der Waals surface area (Å²) in [5, 5.41) is 3.67. The second-order valence-electron chi connectivity index (χ2n) is 3.51. The third kappa shape index (κ3) is 3.44. The van der Waals surface area contributed by atoms with E-state index in [4.69, 9.17) is 11.6 Å². The third-order valence-electron chi connectivity index (χ3n) is 2.58. The van der Waals surface area contributed by atoms with Crippen LogP contribution in [0.5, 0.6) is 0 Å². The molecule has 1 rings (SSSR count). The average molecular weight is 176 g/mol. The second-order valence-corrected chi connectivity index (χ2v) is 4.13. The molecule has 66 valence electrons. The summed E-state index contributed by atoms with van der Waals surface area (Å²) < 4.78 is 0.